The van der Waals surface area contributed by atoms with Gasteiger partial charge < -0.3 is 20.0 Å². The third kappa shape index (κ3) is 3.61. The highest BCUT2D eigenvalue weighted by atomic mass is 32.2. The largest absolute Gasteiger partial charge is 0.505 e. The molecule has 2 heterocycles. The Morgan fingerprint density at radius 1 is 0.700 bits per heavy atom. The minimum Gasteiger partial charge on any atom is -0.505 e. The van der Waals surface area contributed by atoms with Crippen LogP contribution in [0.15, 0.2) is 39.2 Å². The third-order valence-electron chi connectivity index (χ3n) is 3.92. The first-order valence-corrected chi connectivity index (χ1v) is 11.4. The van der Waals surface area contributed by atoms with E-state index in [0.29, 0.717) is 28.1 Å². The summed E-state index contributed by atoms with van der Waals surface area (Å²) >= 11 is 4.13. The van der Waals surface area contributed by atoms with Crippen molar-refractivity contribution in [3.63, 3.8) is 0 Å². The molecule has 3 rings (SSSR count). The molecular formula is C18H14N4O4S4. The number of hydrogen-bond donors (Lipinski definition) is 2. The molecule has 0 saturated carbocycles. The van der Waals surface area contributed by atoms with Crippen LogP contribution in [0.3, 0.4) is 0 Å². The van der Waals surface area contributed by atoms with Gasteiger partial charge in [-0.25, -0.2) is 0 Å². The van der Waals surface area contributed by atoms with E-state index >= 15 is 0 Å². The predicted molar refractivity (Wildman–Crippen MR) is 116 cm³/mol. The number of rotatable bonds is 2. The molecule has 0 saturated heterocycles. The van der Waals surface area contributed by atoms with E-state index < -0.39 is 11.8 Å². The summed E-state index contributed by atoms with van der Waals surface area (Å²) < 4.78 is 0.735. The number of likely N-dealkylation sites (N-methyl/N-ethyl adjacent to an activating group) is 2. The molecule has 1 aromatic carbocycles. The van der Waals surface area contributed by atoms with Crippen molar-refractivity contribution in [2.24, 2.45) is 0 Å². The van der Waals surface area contributed by atoms with E-state index in [1.165, 1.54) is 38.0 Å². The lowest BCUT2D eigenvalue weighted by Gasteiger charge is -2.10. The van der Waals surface area contributed by atoms with Gasteiger partial charge in [0.15, 0.2) is 0 Å². The monoisotopic (exact) mass is 478 g/mol. The number of fused-ring (bicyclic) bond motifs is 2. The lowest BCUT2D eigenvalue weighted by Crippen LogP contribution is -2.23. The average Bonchev–Trinajstić information content (AvgIpc) is 3.33. The number of nitriles is 2. The number of benzene rings is 1. The van der Waals surface area contributed by atoms with Crippen molar-refractivity contribution in [3.05, 3.63) is 19.6 Å². The molecule has 0 aromatic heterocycles. The Balaban J connectivity index is 2.08. The molecule has 0 spiro atoms. The summed E-state index contributed by atoms with van der Waals surface area (Å²) in [5, 5.41) is 40.5. The summed E-state index contributed by atoms with van der Waals surface area (Å²) in [6.07, 6.45) is 0. The van der Waals surface area contributed by atoms with Crippen LogP contribution in [0.2, 0.25) is 0 Å². The summed E-state index contributed by atoms with van der Waals surface area (Å²) in [7, 11) is 6.13. The van der Waals surface area contributed by atoms with Crippen LogP contribution in [0, 0.1) is 22.7 Å². The Kier molecular flexibility index (Phi) is 6.24. The lowest BCUT2D eigenvalue weighted by atomic mass is 10.3. The van der Waals surface area contributed by atoms with E-state index in [9.17, 15) is 30.3 Å². The van der Waals surface area contributed by atoms with Gasteiger partial charge in [0.25, 0.3) is 11.8 Å². The van der Waals surface area contributed by atoms with Crippen LogP contribution in [0.4, 0.5) is 0 Å². The molecule has 0 fully saturated rings. The van der Waals surface area contributed by atoms with Crippen molar-refractivity contribution in [3.8, 4) is 23.6 Å². The Morgan fingerprint density at radius 3 is 1.17 bits per heavy atom. The van der Waals surface area contributed by atoms with Crippen LogP contribution in [0.25, 0.3) is 0 Å². The van der Waals surface area contributed by atoms with Crippen LogP contribution in [-0.4, -0.2) is 60.0 Å². The molecule has 0 aliphatic carbocycles. The van der Waals surface area contributed by atoms with Crippen molar-refractivity contribution in [1.82, 2.24) is 9.80 Å². The number of phenolic OH excluding ortho intramolecular Hbond substituents is 2. The highest BCUT2D eigenvalue weighted by Crippen LogP contribution is 2.67. The van der Waals surface area contributed by atoms with E-state index in [0.717, 1.165) is 47.0 Å². The topological polar surface area (TPSA) is 129 Å². The van der Waals surface area contributed by atoms with Gasteiger partial charge in [0, 0.05) is 28.2 Å². The van der Waals surface area contributed by atoms with Crippen molar-refractivity contribution in [2.75, 3.05) is 28.2 Å². The number of aromatic hydroxyl groups is 2. The molecule has 30 heavy (non-hydrogen) atoms. The van der Waals surface area contributed by atoms with Gasteiger partial charge in [0.1, 0.15) is 34.8 Å². The molecule has 0 atom stereocenters. The number of thioether (sulfide) groups is 4. The lowest BCUT2D eigenvalue weighted by molar-refractivity contribution is -0.125. The fourth-order valence-corrected chi connectivity index (χ4v) is 7.64. The van der Waals surface area contributed by atoms with Gasteiger partial charge in [-0.1, -0.05) is 47.0 Å². The molecule has 0 radical (unpaired) electrons. The Hall–Kier alpha value is -2.38. The highest BCUT2D eigenvalue weighted by Gasteiger charge is 2.38. The van der Waals surface area contributed by atoms with E-state index in [1.807, 2.05) is 12.1 Å². The van der Waals surface area contributed by atoms with Gasteiger partial charge in [-0.3, -0.25) is 9.59 Å². The maximum Gasteiger partial charge on any atom is 0.265 e. The second-order valence-corrected chi connectivity index (χ2v) is 11.0. The molecule has 2 amide bonds. The summed E-state index contributed by atoms with van der Waals surface area (Å²) in [4.78, 5) is 28.4. The molecule has 2 aliphatic rings. The fraction of sp³-hybridized carbons (Fsp3) is 0.222. The third-order valence-corrected chi connectivity index (χ3v) is 9.15. The Morgan fingerprint density at radius 2 is 0.967 bits per heavy atom. The average molecular weight is 479 g/mol. The first kappa shape index (κ1) is 22.3. The van der Waals surface area contributed by atoms with Gasteiger partial charge in [-0.15, -0.1) is 0 Å². The molecule has 8 nitrogen and oxygen atoms in total. The second-order valence-electron chi connectivity index (χ2n) is 6.37. The summed E-state index contributed by atoms with van der Waals surface area (Å²) in [5.74, 6) is -1.19. The minimum absolute atomic E-state index is 0.0746. The van der Waals surface area contributed by atoms with Crippen molar-refractivity contribution in [2.45, 2.75) is 19.6 Å². The fourth-order valence-electron chi connectivity index (χ4n) is 2.44. The van der Waals surface area contributed by atoms with Gasteiger partial charge in [-0.2, -0.15) is 10.5 Å². The number of hydrogen-bond acceptors (Lipinski definition) is 10. The Bertz CT molecular complexity index is 1010. The van der Waals surface area contributed by atoms with Crippen LogP contribution in [0.5, 0.6) is 11.5 Å². The van der Waals surface area contributed by atoms with Crippen molar-refractivity contribution >= 4 is 58.9 Å². The molecule has 1 aromatic rings. The van der Waals surface area contributed by atoms with Gasteiger partial charge >= 0.3 is 0 Å². The molecule has 2 N–H and O–H groups in total. The van der Waals surface area contributed by atoms with Gasteiger partial charge in [0.2, 0.25) is 0 Å². The zero-order chi connectivity index (χ0) is 22.3. The normalized spacial score (nSPS) is 13.8. The second kappa shape index (κ2) is 8.40. The van der Waals surface area contributed by atoms with Crippen LogP contribution >= 0.6 is 47.0 Å². The zero-order valence-corrected chi connectivity index (χ0v) is 19.4. The summed E-state index contributed by atoms with van der Waals surface area (Å²) in [5.41, 5.74) is -0.149. The van der Waals surface area contributed by atoms with Gasteiger partial charge in [0.05, 0.1) is 28.1 Å². The first-order valence-electron chi connectivity index (χ1n) is 8.17. The predicted octanol–water partition coefficient (Wildman–Crippen LogP) is 3.14. The SMILES string of the molecule is CN(C)C(=O)C(C#N)=C1Sc2c(O)c3c(c(O)c2S1)SC(=C(C#N)C(=O)N(C)C)S3. The van der Waals surface area contributed by atoms with Crippen LogP contribution in [-0.2, 0) is 9.59 Å². The van der Waals surface area contributed by atoms with E-state index in [-0.39, 0.29) is 22.6 Å². The molecular weight excluding hydrogens is 464 g/mol. The van der Waals surface area contributed by atoms with E-state index in [4.69, 9.17) is 0 Å². The molecule has 0 unspecified atom stereocenters. The number of amides is 2. The van der Waals surface area contributed by atoms with Crippen LogP contribution < -0.4 is 0 Å². The molecule has 154 valence electrons. The highest BCUT2D eigenvalue weighted by molar-refractivity contribution is 8.26. The number of nitrogens with zero attached hydrogens (tertiary/aromatic N) is 4. The quantitative estimate of drug-likeness (QED) is 0.371. The molecule has 0 bridgehead atoms. The molecule has 2 aliphatic heterocycles. The Labute approximate surface area is 189 Å². The standard InChI is InChI=1S/C18H14N4O4S4/c1-21(2)15(25)7(5-19)17-27-11-9(23)13-14(10(24)12(11)28-17)30-18(29-13)8(6-20)16(26)22(3)4/h23-24H,1-4H3. The van der Waals surface area contributed by atoms with Crippen molar-refractivity contribution in [1.29, 1.82) is 10.5 Å². The number of phenols is 2. The maximum absolute atomic E-state index is 12.3. The minimum atomic E-state index is -0.471. The van der Waals surface area contributed by atoms with Crippen LogP contribution in [0.1, 0.15) is 0 Å². The van der Waals surface area contributed by atoms with Crippen molar-refractivity contribution < 1.29 is 19.8 Å². The number of carbonyl (C=O) groups is 2. The summed E-state index contributed by atoms with van der Waals surface area (Å²) in [6.45, 7) is 0. The van der Waals surface area contributed by atoms with E-state index in [2.05, 4.69) is 0 Å². The number of carbonyl (C=O) groups excluding carboxylic acids is 2. The zero-order valence-electron chi connectivity index (χ0n) is 16.1. The van der Waals surface area contributed by atoms with Gasteiger partial charge in [-0.05, 0) is 0 Å². The first-order chi connectivity index (χ1) is 14.1. The smallest absolute Gasteiger partial charge is 0.265 e. The maximum atomic E-state index is 12.3. The summed E-state index contributed by atoms with van der Waals surface area (Å²) in [6, 6.07) is 3.79. The molecule has 12 heteroatoms. The van der Waals surface area contributed by atoms with E-state index in [1.54, 1.807) is 0 Å².